The van der Waals surface area contributed by atoms with Crippen molar-refractivity contribution in [2.45, 2.75) is 24.7 Å². The Morgan fingerprint density at radius 2 is 2.21 bits per heavy atom. The lowest BCUT2D eigenvalue weighted by atomic mass is 10.1. The summed E-state index contributed by atoms with van der Waals surface area (Å²) in [5.41, 5.74) is 0.984. The monoisotopic (exact) mass is 234 g/mol. The zero-order chi connectivity index (χ0) is 10.8. The highest BCUT2D eigenvalue weighted by Crippen LogP contribution is 2.13. The third-order valence-corrected chi connectivity index (χ3v) is 4.64. The van der Waals surface area contributed by atoms with Crippen LogP contribution in [0.4, 0.5) is 0 Å². The molecule has 0 bridgehead atoms. The zero-order valence-corrected chi connectivity index (χ0v) is 9.81. The summed E-state index contributed by atoms with van der Waals surface area (Å²) in [6, 6.07) is 1.89. The van der Waals surface area contributed by atoms with Crippen LogP contribution in [0, 0.1) is 0 Å². The minimum Gasteiger partial charge on any atom is -0.391 e. The predicted molar refractivity (Wildman–Crippen MR) is 58.3 cm³/mol. The van der Waals surface area contributed by atoms with Crippen LogP contribution in [0.1, 0.15) is 12.5 Å². The fourth-order valence-electron chi connectivity index (χ4n) is 1.10. The highest BCUT2D eigenvalue weighted by Gasteiger charge is 2.23. The van der Waals surface area contributed by atoms with Crippen LogP contribution in [-0.2, 0) is 16.3 Å². The van der Waals surface area contributed by atoms with Gasteiger partial charge in [-0.15, -0.1) is 0 Å². The molecule has 0 aliphatic carbocycles. The molecule has 14 heavy (non-hydrogen) atoms. The molecule has 1 N–H and O–H groups in total. The average molecular weight is 234 g/mol. The van der Waals surface area contributed by atoms with Crippen LogP contribution < -0.4 is 0 Å². The first-order chi connectivity index (χ1) is 6.41. The Morgan fingerprint density at radius 3 is 2.64 bits per heavy atom. The first kappa shape index (κ1) is 11.7. The van der Waals surface area contributed by atoms with Gasteiger partial charge in [0.1, 0.15) is 0 Å². The van der Waals surface area contributed by atoms with Crippen LogP contribution in [0.15, 0.2) is 16.8 Å². The summed E-state index contributed by atoms with van der Waals surface area (Å²) in [7, 11) is -3.15. The third kappa shape index (κ3) is 3.08. The second kappa shape index (κ2) is 4.42. The summed E-state index contributed by atoms with van der Waals surface area (Å²) in [6.07, 6.45) is 0.728. The number of rotatable bonds is 4. The Morgan fingerprint density at radius 1 is 1.57 bits per heavy atom. The first-order valence-electron chi connectivity index (χ1n) is 4.29. The summed E-state index contributed by atoms with van der Waals surface area (Å²) in [5.74, 6) is 0. The first-order valence-corrected chi connectivity index (χ1v) is 7.19. The second-order valence-corrected chi connectivity index (χ2v) is 6.62. The van der Waals surface area contributed by atoms with Crippen LogP contribution in [-0.4, -0.2) is 31.1 Å². The van der Waals surface area contributed by atoms with E-state index in [1.165, 1.54) is 6.92 Å². The molecule has 80 valence electrons. The van der Waals surface area contributed by atoms with Gasteiger partial charge in [0.15, 0.2) is 9.84 Å². The molecule has 0 fully saturated rings. The molecule has 2 unspecified atom stereocenters. The molecule has 1 heterocycles. The van der Waals surface area contributed by atoms with E-state index in [2.05, 4.69) is 0 Å². The van der Waals surface area contributed by atoms with Crippen molar-refractivity contribution in [3.8, 4) is 0 Å². The maximum absolute atomic E-state index is 11.1. The predicted octanol–water partition coefficient (Wildman–Crippen LogP) is 1.08. The van der Waals surface area contributed by atoms with E-state index < -0.39 is 21.2 Å². The van der Waals surface area contributed by atoms with Crippen LogP contribution in [0.3, 0.4) is 0 Å². The standard InChI is InChI=1S/C9H14O3S2/c1-7(14(2,11)12)9(10)5-8-3-4-13-6-8/h3-4,6-7,9-10H,5H2,1-2H3. The van der Waals surface area contributed by atoms with Crippen LogP contribution in [0.2, 0.25) is 0 Å². The van der Waals surface area contributed by atoms with Gasteiger partial charge in [0, 0.05) is 12.7 Å². The third-order valence-electron chi connectivity index (χ3n) is 2.24. The Balaban J connectivity index is 2.63. The lowest BCUT2D eigenvalue weighted by molar-refractivity contribution is 0.173. The highest BCUT2D eigenvalue weighted by atomic mass is 32.2. The van der Waals surface area contributed by atoms with E-state index in [0.29, 0.717) is 6.42 Å². The van der Waals surface area contributed by atoms with Gasteiger partial charge in [0.2, 0.25) is 0 Å². The largest absolute Gasteiger partial charge is 0.391 e. The van der Waals surface area contributed by atoms with Crippen molar-refractivity contribution in [1.29, 1.82) is 0 Å². The van der Waals surface area contributed by atoms with E-state index in [1.807, 2.05) is 16.8 Å². The Bertz CT molecular complexity index is 367. The van der Waals surface area contributed by atoms with Crippen molar-refractivity contribution in [1.82, 2.24) is 0 Å². The van der Waals surface area contributed by atoms with Gasteiger partial charge in [-0.05, 0) is 29.3 Å². The molecule has 0 aromatic carbocycles. The van der Waals surface area contributed by atoms with E-state index in [0.717, 1.165) is 11.8 Å². The molecule has 1 aromatic rings. The normalized spacial score (nSPS) is 16.5. The minimum atomic E-state index is -3.15. The molecule has 0 spiro atoms. The maximum Gasteiger partial charge on any atom is 0.152 e. The van der Waals surface area contributed by atoms with Gasteiger partial charge in [0.25, 0.3) is 0 Å². The van der Waals surface area contributed by atoms with Gasteiger partial charge in [-0.2, -0.15) is 11.3 Å². The smallest absolute Gasteiger partial charge is 0.152 e. The lowest BCUT2D eigenvalue weighted by Gasteiger charge is -2.16. The molecular weight excluding hydrogens is 220 g/mol. The van der Waals surface area contributed by atoms with Crippen molar-refractivity contribution >= 4 is 21.2 Å². The molecule has 0 aliphatic heterocycles. The topological polar surface area (TPSA) is 54.4 Å². The van der Waals surface area contributed by atoms with Crippen molar-refractivity contribution < 1.29 is 13.5 Å². The molecule has 2 atom stereocenters. The van der Waals surface area contributed by atoms with Crippen LogP contribution in [0.5, 0.6) is 0 Å². The van der Waals surface area contributed by atoms with E-state index in [1.54, 1.807) is 11.3 Å². The number of hydrogen-bond acceptors (Lipinski definition) is 4. The van der Waals surface area contributed by atoms with E-state index in [9.17, 15) is 13.5 Å². The average Bonchev–Trinajstić information content (AvgIpc) is 2.53. The fraction of sp³-hybridized carbons (Fsp3) is 0.556. The SMILES string of the molecule is CC(C(O)Cc1ccsc1)S(C)(=O)=O. The number of aliphatic hydroxyl groups is 1. The number of hydrogen-bond donors (Lipinski definition) is 1. The molecule has 0 amide bonds. The Kier molecular flexibility index (Phi) is 3.69. The Labute approximate surface area is 88.3 Å². The van der Waals surface area contributed by atoms with E-state index in [4.69, 9.17) is 0 Å². The zero-order valence-electron chi connectivity index (χ0n) is 8.17. The van der Waals surface area contributed by atoms with Gasteiger partial charge >= 0.3 is 0 Å². The maximum atomic E-state index is 11.1. The molecule has 1 aromatic heterocycles. The molecule has 0 radical (unpaired) electrons. The summed E-state index contributed by atoms with van der Waals surface area (Å²) >= 11 is 1.54. The van der Waals surface area contributed by atoms with Crippen LogP contribution in [0.25, 0.3) is 0 Å². The van der Waals surface area contributed by atoms with E-state index in [-0.39, 0.29) is 0 Å². The van der Waals surface area contributed by atoms with Crippen LogP contribution >= 0.6 is 11.3 Å². The van der Waals surface area contributed by atoms with Gasteiger partial charge in [-0.1, -0.05) is 0 Å². The van der Waals surface area contributed by atoms with Gasteiger partial charge in [0.05, 0.1) is 11.4 Å². The summed E-state index contributed by atoms with van der Waals surface area (Å²) < 4.78 is 22.3. The number of aliphatic hydroxyl groups excluding tert-OH is 1. The highest BCUT2D eigenvalue weighted by molar-refractivity contribution is 7.91. The summed E-state index contributed by atoms with van der Waals surface area (Å²) in [4.78, 5) is 0. The number of thiophene rings is 1. The van der Waals surface area contributed by atoms with Crippen molar-refractivity contribution in [3.05, 3.63) is 22.4 Å². The molecule has 0 aliphatic rings. The molecule has 5 heteroatoms. The lowest BCUT2D eigenvalue weighted by Crippen LogP contribution is -2.32. The molecule has 0 saturated heterocycles. The molecule has 3 nitrogen and oxygen atoms in total. The van der Waals surface area contributed by atoms with Crippen molar-refractivity contribution in [2.24, 2.45) is 0 Å². The molecular formula is C9H14O3S2. The van der Waals surface area contributed by atoms with Gasteiger partial charge < -0.3 is 5.11 Å². The summed E-state index contributed by atoms with van der Waals surface area (Å²) in [6.45, 7) is 1.53. The fourth-order valence-corrected chi connectivity index (χ4v) is 2.45. The minimum absolute atomic E-state index is 0.401. The molecule has 1 rings (SSSR count). The van der Waals surface area contributed by atoms with Crippen molar-refractivity contribution in [3.63, 3.8) is 0 Å². The molecule has 0 saturated carbocycles. The van der Waals surface area contributed by atoms with Crippen molar-refractivity contribution in [2.75, 3.05) is 6.26 Å². The second-order valence-electron chi connectivity index (χ2n) is 3.44. The van der Waals surface area contributed by atoms with E-state index >= 15 is 0 Å². The Hall–Kier alpha value is -0.390. The number of sulfone groups is 1. The van der Waals surface area contributed by atoms with Gasteiger partial charge in [-0.25, -0.2) is 8.42 Å². The van der Waals surface area contributed by atoms with Gasteiger partial charge in [-0.3, -0.25) is 0 Å². The quantitative estimate of drug-likeness (QED) is 0.848. The summed E-state index contributed by atoms with van der Waals surface area (Å²) in [5, 5.41) is 12.8.